The molecule has 0 bridgehead atoms. The van der Waals surface area contributed by atoms with Crippen LogP contribution in [-0.4, -0.2) is 6.61 Å². The number of hydrogen-bond acceptors (Lipinski definition) is 0. The van der Waals surface area contributed by atoms with Crippen LogP contribution >= 0.6 is 15.9 Å². The monoisotopic (exact) mass is 217 g/mol. The average molecular weight is 218 g/mol. The molecule has 1 aromatic carbocycles. The molecule has 0 aliphatic carbocycles. The largest absolute Gasteiger partial charge is 0.236 e. The first-order valence-corrected chi connectivity index (χ1v) is 4.05. The molecular weight excluding hydrogens is 211 g/mol. The van der Waals surface area contributed by atoms with Gasteiger partial charge in [0.2, 0.25) is 0 Å². The standard InChI is InChI=1S/C8H7BrFO/c9-8-2-1-7(10)5-6(8)3-4-11/h1-2,5H,3-4H2. The van der Waals surface area contributed by atoms with Crippen LogP contribution in [0.2, 0.25) is 0 Å². The summed E-state index contributed by atoms with van der Waals surface area (Å²) in [7, 11) is 0. The summed E-state index contributed by atoms with van der Waals surface area (Å²) in [6, 6.07) is 4.35. The van der Waals surface area contributed by atoms with Gasteiger partial charge in [0, 0.05) is 10.9 Å². The second kappa shape index (κ2) is 3.83. The van der Waals surface area contributed by atoms with Crippen molar-refractivity contribution in [2.45, 2.75) is 6.42 Å². The molecule has 1 radical (unpaired) electrons. The van der Waals surface area contributed by atoms with Gasteiger partial charge in [-0.25, -0.2) is 9.50 Å². The summed E-state index contributed by atoms with van der Waals surface area (Å²) in [5, 5.41) is 10.2. The Morgan fingerprint density at radius 1 is 1.45 bits per heavy atom. The fourth-order valence-corrected chi connectivity index (χ4v) is 1.29. The number of halogens is 2. The highest BCUT2D eigenvalue weighted by atomic mass is 79.9. The Morgan fingerprint density at radius 2 is 2.18 bits per heavy atom. The molecule has 0 unspecified atom stereocenters. The van der Waals surface area contributed by atoms with E-state index in [1.807, 2.05) is 0 Å². The molecule has 11 heavy (non-hydrogen) atoms. The Labute approximate surface area is 73.0 Å². The molecular formula is C8H7BrFO. The van der Waals surface area contributed by atoms with Crippen molar-refractivity contribution < 1.29 is 9.50 Å². The molecule has 0 N–H and O–H groups in total. The zero-order valence-electron chi connectivity index (χ0n) is 5.81. The highest BCUT2D eigenvalue weighted by Crippen LogP contribution is 2.17. The van der Waals surface area contributed by atoms with E-state index in [-0.39, 0.29) is 12.4 Å². The molecule has 1 nitrogen and oxygen atoms in total. The van der Waals surface area contributed by atoms with E-state index < -0.39 is 0 Å². The summed E-state index contributed by atoms with van der Waals surface area (Å²) in [6.45, 7) is -0.206. The minimum Gasteiger partial charge on any atom is -0.236 e. The molecule has 0 aromatic heterocycles. The third-order valence-electron chi connectivity index (χ3n) is 1.38. The lowest BCUT2D eigenvalue weighted by atomic mass is 10.2. The van der Waals surface area contributed by atoms with Crippen LogP contribution < -0.4 is 0 Å². The number of benzene rings is 1. The third-order valence-corrected chi connectivity index (χ3v) is 2.15. The van der Waals surface area contributed by atoms with Crippen LogP contribution in [0.1, 0.15) is 5.56 Å². The maximum Gasteiger partial charge on any atom is 0.123 e. The zero-order chi connectivity index (χ0) is 8.27. The molecule has 0 fully saturated rings. The van der Waals surface area contributed by atoms with E-state index in [0.29, 0.717) is 6.42 Å². The van der Waals surface area contributed by atoms with Crippen LogP contribution in [0, 0.1) is 5.82 Å². The van der Waals surface area contributed by atoms with Gasteiger partial charge in [0.05, 0.1) is 6.61 Å². The van der Waals surface area contributed by atoms with Gasteiger partial charge in [-0.3, -0.25) is 0 Å². The predicted molar refractivity (Wildman–Crippen MR) is 43.4 cm³/mol. The van der Waals surface area contributed by atoms with Crippen LogP contribution in [0.4, 0.5) is 4.39 Å². The maximum atomic E-state index is 12.5. The van der Waals surface area contributed by atoms with Gasteiger partial charge in [0.25, 0.3) is 0 Å². The predicted octanol–water partition coefficient (Wildman–Crippen LogP) is 2.56. The Balaban J connectivity index is 2.93. The third kappa shape index (κ3) is 2.27. The van der Waals surface area contributed by atoms with Crippen molar-refractivity contribution in [1.29, 1.82) is 0 Å². The van der Waals surface area contributed by atoms with Gasteiger partial charge in [0.15, 0.2) is 0 Å². The lowest BCUT2D eigenvalue weighted by molar-refractivity contribution is 0.197. The molecule has 0 saturated carbocycles. The first-order valence-electron chi connectivity index (χ1n) is 3.26. The smallest absolute Gasteiger partial charge is 0.123 e. The van der Waals surface area contributed by atoms with E-state index in [0.717, 1.165) is 10.0 Å². The molecule has 1 aromatic rings. The highest BCUT2D eigenvalue weighted by Gasteiger charge is 2.00. The summed E-state index contributed by atoms with van der Waals surface area (Å²) >= 11 is 3.23. The minimum atomic E-state index is -0.295. The summed E-state index contributed by atoms with van der Waals surface area (Å²) in [4.78, 5) is 0. The lowest BCUT2D eigenvalue weighted by Crippen LogP contribution is -1.91. The van der Waals surface area contributed by atoms with Gasteiger partial charge in [0.1, 0.15) is 5.82 Å². The van der Waals surface area contributed by atoms with Gasteiger partial charge < -0.3 is 0 Å². The van der Waals surface area contributed by atoms with E-state index in [9.17, 15) is 9.50 Å². The Morgan fingerprint density at radius 3 is 2.82 bits per heavy atom. The average Bonchev–Trinajstić information content (AvgIpc) is 1.98. The molecule has 0 heterocycles. The van der Waals surface area contributed by atoms with E-state index in [2.05, 4.69) is 15.9 Å². The van der Waals surface area contributed by atoms with Crippen LogP contribution in [-0.2, 0) is 11.5 Å². The number of hydrogen-bond donors (Lipinski definition) is 0. The molecule has 59 valence electrons. The summed E-state index contributed by atoms with van der Waals surface area (Å²) < 4.78 is 13.3. The van der Waals surface area contributed by atoms with Crippen molar-refractivity contribution in [3.05, 3.63) is 34.1 Å². The highest BCUT2D eigenvalue weighted by molar-refractivity contribution is 9.10. The maximum absolute atomic E-state index is 12.5. The molecule has 3 heteroatoms. The van der Waals surface area contributed by atoms with E-state index in [1.54, 1.807) is 6.07 Å². The Kier molecular flexibility index (Phi) is 3.02. The van der Waals surface area contributed by atoms with Gasteiger partial charge in [-0.2, -0.15) is 0 Å². The molecule has 0 amide bonds. The van der Waals surface area contributed by atoms with Crippen molar-refractivity contribution in [2.24, 2.45) is 0 Å². The summed E-state index contributed by atoms with van der Waals surface area (Å²) in [6.07, 6.45) is 0.373. The second-order valence-corrected chi connectivity index (χ2v) is 3.04. The minimum absolute atomic E-state index is 0.206. The van der Waals surface area contributed by atoms with Crippen LogP contribution in [0.5, 0.6) is 0 Å². The molecule has 0 aliphatic heterocycles. The van der Waals surface area contributed by atoms with Crippen LogP contribution in [0.25, 0.3) is 0 Å². The topological polar surface area (TPSA) is 19.9 Å². The fourth-order valence-electron chi connectivity index (χ4n) is 0.845. The summed E-state index contributed by atoms with van der Waals surface area (Å²) in [5.41, 5.74) is 0.736. The van der Waals surface area contributed by atoms with E-state index >= 15 is 0 Å². The molecule has 0 spiro atoms. The van der Waals surface area contributed by atoms with Crippen molar-refractivity contribution >= 4 is 15.9 Å². The normalized spacial score (nSPS) is 10.1. The molecule has 0 atom stereocenters. The fraction of sp³-hybridized carbons (Fsp3) is 0.250. The van der Waals surface area contributed by atoms with Crippen molar-refractivity contribution in [3.63, 3.8) is 0 Å². The Bertz CT molecular complexity index is 250. The quantitative estimate of drug-likeness (QED) is 0.726. The van der Waals surface area contributed by atoms with Crippen molar-refractivity contribution in [1.82, 2.24) is 0 Å². The first kappa shape index (κ1) is 8.68. The summed E-state index contributed by atoms with van der Waals surface area (Å²) in [5.74, 6) is -0.295. The molecule has 0 saturated heterocycles. The van der Waals surface area contributed by atoms with Gasteiger partial charge >= 0.3 is 0 Å². The SMILES string of the molecule is [O]CCc1cc(F)ccc1Br. The van der Waals surface area contributed by atoms with Crippen molar-refractivity contribution in [2.75, 3.05) is 6.61 Å². The molecule has 0 aliphatic rings. The van der Waals surface area contributed by atoms with Crippen LogP contribution in [0.15, 0.2) is 22.7 Å². The lowest BCUT2D eigenvalue weighted by Gasteiger charge is -2.00. The Hall–Kier alpha value is -0.410. The van der Waals surface area contributed by atoms with Gasteiger partial charge in [-0.1, -0.05) is 15.9 Å². The first-order chi connectivity index (χ1) is 5.24. The van der Waals surface area contributed by atoms with E-state index in [1.165, 1.54) is 12.1 Å². The van der Waals surface area contributed by atoms with Gasteiger partial charge in [-0.15, -0.1) is 0 Å². The van der Waals surface area contributed by atoms with Gasteiger partial charge in [-0.05, 0) is 23.8 Å². The number of rotatable bonds is 2. The van der Waals surface area contributed by atoms with Crippen LogP contribution in [0.3, 0.4) is 0 Å². The second-order valence-electron chi connectivity index (χ2n) is 2.19. The van der Waals surface area contributed by atoms with Crippen molar-refractivity contribution in [3.8, 4) is 0 Å². The zero-order valence-corrected chi connectivity index (χ0v) is 7.40. The van der Waals surface area contributed by atoms with E-state index in [4.69, 9.17) is 0 Å². The molecule has 1 rings (SSSR count).